The summed E-state index contributed by atoms with van der Waals surface area (Å²) in [6.45, 7) is 0.215. The number of hydrogen-bond acceptors (Lipinski definition) is 6. The lowest BCUT2D eigenvalue weighted by Gasteiger charge is -2.23. The van der Waals surface area contributed by atoms with Crippen molar-refractivity contribution in [3.63, 3.8) is 0 Å². The molecule has 0 radical (unpaired) electrons. The topological polar surface area (TPSA) is 86.5 Å². The summed E-state index contributed by atoms with van der Waals surface area (Å²) in [7, 11) is 0. The van der Waals surface area contributed by atoms with Gasteiger partial charge in [-0.3, -0.25) is 10.1 Å². The molecular formula is C17H11Cl2N3O4. The van der Waals surface area contributed by atoms with Crippen molar-refractivity contribution in [3.05, 3.63) is 64.0 Å². The molecule has 2 heterocycles. The fraction of sp³-hybridized carbons (Fsp3) is 0.118. The Hall–Kier alpha value is -2.77. The quantitative estimate of drug-likeness (QED) is 0.721. The van der Waals surface area contributed by atoms with E-state index in [0.29, 0.717) is 16.5 Å². The van der Waals surface area contributed by atoms with Crippen LogP contribution in [-0.4, -0.2) is 22.7 Å². The van der Waals surface area contributed by atoms with Gasteiger partial charge in [-0.15, -0.1) is 5.10 Å². The predicted molar refractivity (Wildman–Crippen MR) is 94.0 cm³/mol. The first kappa shape index (κ1) is 16.7. The number of hydrogen-bond donors (Lipinski definition) is 1. The molecule has 1 N–H and O–H groups in total. The molecule has 3 aromatic rings. The highest BCUT2D eigenvalue weighted by molar-refractivity contribution is 6.36. The van der Waals surface area contributed by atoms with E-state index in [2.05, 4.69) is 15.5 Å². The molecule has 1 aliphatic rings. The molecule has 0 saturated heterocycles. The maximum atomic E-state index is 12.3. The third-order valence-electron chi connectivity index (χ3n) is 3.62. The van der Waals surface area contributed by atoms with E-state index >= 15 is 0 Å². The minimum atomic E-state index is -0.571. The van der Waals surface area contributed by atoms with Crippen molar-refractivity contribution in [2.45, 2.75) is 6.10 Å². The SMILES string of the molecule is O=C(Nc1nnc([C@@H]2COc3ccccc3O2)o1)c1cc(Cl)ccc1Cl. The number of nitrogens with one attached hydrogen (secondary N) is 1. The molecule has 2 aromatic carbocycles. The number of rotatable bonds is 3. The molecule has 0 spiro atoms. The van der Waals surface area contributed by atoms with Crippen LogP contribution >= 0.6 is 23.2 Å². The summed E-state index contributed by atoms with van der Waals surface area (Å²) in [5.41, 5.74) is 0.199. The maximum Gasteiger partial charge on any atom is 0.322 e. The van der Waals surface area contributed by atoms with Crippen LogP contribution in [0.1, 0.15) is 22.4 Å². The fourth-order valence-electron chi connectivity index (χ4n) is 2.39. The maximum absolute atomic E-state index is 12.3. The van der Waals surface area contributed by atoms with Gasteiger partial charge in [0.25, 0.3) is 11.8 Å². The van der Waals surface area contributed by atoms with Crippen LogP contribution in [0.15, 0.2) is 46.9 Å². The molecule has 7 nitrogen and oxygen atoms in total. The number of para-hydroxylation sites is 2. The molecule has 0 saturated carbocycles. The van der Waals surface area contributed by atoms with E-state index in [4.69, 9.17) is 37.1 Å². The van der Waals surface area contributed by atoms with Gasteiger partial charge in [0.05, 0.1) is 10.6 Å². The molecule has 1 aromatic heterocycles. The van der Waals surface area contributed by atoms with Crippen molar-refractivity contribution in [3.8, 4) is 11.5 Å². The van der Waals surface area contributed by atoms with Gasteiger partial charge in [-0.25, -0.2) is 0 Å². The molecule has 1 amide bonds. The van der Waals surface area contributed by atoms with Crippen LogP contribution in [0.25, 0.3) is 0 Å². The summed E-state index contributed by atoms with van der Waals surface area (Å²) in [6, 6.07) is 11.8. The Labute approximate surface area is 157 Å². The van der Waals surface area contributed by atoms with E-state index in [9.17, 15) is 4.79 Å². The van der Waals surface area contributed by atoms with Gasteiger partial charge in [0.2, 0.25) is 6.10 Å². The lowest BCUT2D eigenvalue weighted by atomic mass is 10.2. The van der Waals surface area contributed by atoms with Crippen LogP contribution in [0.3, 0.4) is 0 Å². The second-order valence-electron chi connectivity index (χ2n) is 5.39. The second kappa shape index (κ2) is 6.86. The standard InChI is InChI=1S/C17H11Cl2N3O4/c18-9-5-6-11(19)10(7-9)15(23)20-17-22-21-16(26-17)14-8-24-12-3-1-2-4-13(12)25-14/h1-7,14H,8H2,(H,20,22,23)/t14-/m0/s1. The van der Waals surface area contributed by atoms with Gasteiger partial charge in [-0.05, 0) is 30.3 Å². The number of amides is 1. The minimum absolute atomic E-state index is 0.0801. The summed E-state index contributed by atoms with van der Waals surface area (Å²) in [5.74, 6) is 0.900. The van der Waals surface area contributed by atoms with Crippen molar-refractivity contribution in [1.82, 2.24) is 10.2 Å². The second-order valence-corrected chi connectivity index (χ2v) is 6.23. The van der Waals surface area contributed by atoms with E-state index in [1.54, 1.807) is 18.2 Å². The van der Waals surface area contributed by atoms with Crippen LogP contribution in [0, 0.1) is 0 Å². The zero-order chi connectivity index (χ0) is 18.1. The fourth-order valence-corrected chi connectivity index (χ4v) is 2.77. The van der Waals surface area contributed by atoms with E-state index < -0.39 is 12.0 Å². The molecule has 26 heavy (non-hydrogen) atoms. The number of carbonyl (C=O) groups excluding carboxylic acids is 1. The van der Waals surface area contributed by atoms with Crippen molar-refractivity contribution in [1.29, 1.82) is 0 Å². The van der Waals surface area contributed by atoms with E-state index in [1.165, 1.54) is 12.1 Å². The largest absolute Gasteiger partial charge is 0.485 e. The van der Waals surface area contributed by atoms with Gasteiger partial charge < -0.3 is 13.9 Å². The highest BCUT2D eigenvalue weighted by Gasteiger charge is 2.27. The first-order chi connectivity index (χ1) is 12.6. The van der Waals surface area contributed by atoms with Gasteiger partial charge >= 0.3 is 6.01 Å². The number of benzene rings is 2. The number of anilines is 1. The molecule has 1 aliphatic heterocycles. The number of nitrogens with zero attached hydrogens (tertiary/aromatic N) is 2. The third-order valence-corrected chi connectivity index (χ3v) is 4.18. The highest BCUT2D eigenvalue weighted by atomic mass is 35.5. The van der Waals surface area contributed by atoms with Gasteiger partial charge in [0, 0.05) is 5.02 Å². The lowest BCUT2D eigenvalue weighted by molar-refractivity contribution is 0.0716. The first-order valence-electron chi connectivity index (χ1n) is 7.58. The van der Waals surface area contributed by atoms with Crippen molar-refractivity contribution in [2.75, 3.05) is 11.9 Å². The van der Waals surface area contributed by atoms with Gasteiger partial charge in [-0.2, -0.15) is 0 Å². The number of fused-ring (bicyclic) bond motifs is 1. The number of carbonyl (C=O) groups is 1. The molecule has 1 atom stereocenters. The zero-order valence-electron chi connectivity index (χ0n) is 13.1. The zero-order valence-corrected chi connectivity index (χ0v) is 14.6. The molecule has 4 rings (SSSR count). The summed E-state index contributed by atoms with van der Waals surface area (Å²) < 4.78 is 16.9. The average molecular weight is 392 g/mol. The molecule has 132 valence electrons. The number of aromatic nitrogens is 2. The van der Waals surface area contributed by atoms with Crippen molar-refractivity contribution >= 4 is 35.1 Å². The summed E-state index contributed by atoms with van der Waals surface area (Å²) in [6.07, 6.45) is -0.571. The van der Waals surface area contributed by atoms with E-state index in [1.807, 2.05) is 12.1 Å². The molecule has 9 heteroatoms. The Kier molecular flexibility index (Phi) is 4.40. The normalized spacial score (nSPS) is 15.5. The number of ether oxygens (including phenoxy) is 2. The van der Waals surface area contributed by atoms with Gasteiger partial charge in [0.1, 0.15) is 6.61 Å². The minimum Gasteiger partial charge on any atom is -0.485 e. The average Bonchev–Trinajstić information content (AvgIpc) is 3.11. The summed E-state index contributed by atoms with van der Waals surface area (Å²) in [5, 5.41) is 10.8. The van der Waals surface area contributed by atoms with Crippen LogP contribution < -0.4 is 14.8 Å². The lowest BCUT2D eigenvalue weighted by Crippen LogP contribution is -2.21. The van der Waals surface area contributed by atoms with Crippen LogP contribution in [0.2, 0.25) is 10.0 Å². The highest BCUT2D eigenvalue weighted by Crippen LogP contribution is 2.35. The Balaban J connectivity index is 1.49. The Morgan fingerprint density at radius 3 is 2.77 bits per heavy atom. The smallest absolute Gasteiger partial charge is 0.322 e. The first-order valence-corrected chi connectivity index (χ1v) is 8.34. The predicted octanol–water partition coefficient (Wildman–Crippen LogP) is 4.14. The molecule has 0 unspecified atom stereocenters. The van der Waals surface area contributed by atoms with E-state index in [-0.39, 0.29) is 29.1 Å². The van der Waals surface area contributed by atoms with E-state index in [0.717, 1.165) is 0 Å². The molecule has 0 fully saturated rings. The number of halogens is 2. The van der Waals surface area contributed by atoms with Crippen LogP contribution in [-0.2, 0) is 0 Å². The third kappa shape index (κ3) is 3.31. The Morgan fingerprint density at radius 2 is 1.92 bits per heavy atom. The molecule has 0 aliphatic carbocycles. The van der Waals surface area contributed by atoms with Gasteiger partial charge in [-0.1, -0.05) is 40.4 Å². The molecular weight excluding hydrogens is 381 g/mol. The molecule has 0 bridgehead atoms. The Bertz CT molecular complexity index is 976. The van der Waals surface area contributed by atoms with Crippen LogP contribution in [0.4, 0.5) is 6.01 Å². The van der Waals surface area contributed by atoms with Crippen molar-refractivity contribution in [2.24, 2.45) is 0 Å². The summed E-state index contributed by atoms with van der Waals surface area (Å²) in [4.78, 5) is 12.3. The summed E-state index contributed by atoms with van der Waals surface area (Å²) >= 11 is 11.9. The monoisotopic (exact) mass is 391 g/mol. The van der Waals surface area contributed by atoms with Crippen LogP contribution in [0.5, 0.6) is 11.5 Å². The van der Waals surface area contributed by atoms with Gasteiger partial charge in [0.15, 0.2) is 11.5 Å². The Morgan fingerprint density at radius 1 is 1.12 bits per heavy atom. The van der Waals surface area contributed by atoms with Crippen molar-refractivity contribution < 1.29 is 18.7 Å².